The number of hydrogen-bond acceptors (Lipinski definition) is 2. The zero-order valence-corrected chi connectivity index (χ0v) is 11.5. The lowest BCUT2D eigenvalue weighted by Gasteiger charge is -2.21. The van der Waals surface area contributed by atoms with Crippen LogP contribution in [-0.4, -0.2) is 11.6 Å². The van der Waals surface area contributed by atoms with Crippen molar-refractivity contribution in [3.05, 3.63) is 24.3 Å². The van der Waals surface area contributed by atoms with E-state index in [1.807, 2.05) is 0 Å². The Morgan fingerprint density at radius 3 is 2.58 bits per heavy atom. The van der Waals surface area contributed by atoms with E-state index in [1.165, 1.54) is 19.3 Å². The van der Waals surface area contributed by atoms with E-state index < -0.39 is 5.76 Å². The standard InChI is InChI=1S/C14H18F2N2S/c15-14(16)19-12-9-5-4-8-11(12)18-13(17)10-6-2-1-3-7-10/h4-5,8-10,14H,1-3,6-7H2,(H2,17,18). The lowest BCUT2D eigenvalue weighted by Crippen LogP contribution is -2.25. The molecule has 0 saturated heterocycles. The highest BCUT2D eigenvalue weighted by molar-refractivity contribution is 7.99. The van der Waals surface area contributed by atoms with Crippen LogP contribution in [0, 0.1) is 5.92 Å². The fourth-order valence-electron chi connectivity index (χ4n) is 2.37. The van der Waals surface area contributed by atoms with Crippen LogP contribution in [0.15, 0.2) is 34.2 Å². The van der Waals surface area contributed by atoms with Crippen LogP contribution in [0.3, 0.4) is 0 Å². The molecule has 0 heterocycles. The highest BCUT2D eigenvalue weighted by Gasteiger charge is 2.17. The summed E-state index contributed by atoms with van der Waals surface area (Å²) in [6.45, 7) is 0. The lowest BCUT2D eigenvalue weighted by atomic mass is 9.88. The predicted molar refractivity (Wildman–Crippen MR) is 76.2 cm³/mol. The van der Waals surface area contributed by atoms with Gasteiger partial charge < -0.3 is 5.73 Å². The van der Waals surface area contributed by atoms with Gasteiger partial charge >= 0.3 is 0 Å². The van der Waals surface area contributed by atoms with Crippen LogP contribution in [0.4, 0.5) is 14.5 Å². The molecule has 1 aromatic carbocycles. The number of halogens is 2. The second-order valence-electron chi connectivity index (χ2n) is 4.72. The van der Waals surface area contributed by atoms with Gasteiger partial charge in [-0.2, -0.15) is 8.78 Å². The van der Waals surface area contributed by atoms with Gasteiger partial charge in [0.15, 0.2) is 0 Å². The van der Waals surface area contributed by atoms with Crippen LogP contribution in [-0.2, 0) is 0 Å². The van der Waals surface area contributed by atoms with Crippen molar-refractivity contribution in [2.75, 3.05) is 0 Å². The minimum Gasteiger partial charge on any atom is -0.387 e. The molecule has 1 fully saturated rings. The van der Waals surface area contributed by atoms with Crippen molar-refractivity contribution in [2.24, 2.45) is 16.6 Å². The van der Waals surface area contributed by atoms with Gasteiger partial charge in [-0.3, -0.25) is 0 Å². The summed E-state index contributed by atoms with van der Waals surface area (Å²) in [5, 5.41) is 0. The van der Waals surface area contributed by atoms with Crippen LogP contribution in [0.2, 0.25) is 0 Å². The van der Waals surface area contributed by atoms with E-state index in [0.717, 1.165) is 12.8 Å². The Bertz CT molecular complexity index is 443. The zero-order chi connectivity index (χ0) is 13.7. The zero-order valence-electron chi connectivity index (χ0n) is 10.7. The number of aliphatic imine (C=N–C) groups is 1. The molecule has 0 amide bonds. The molecule has 2 rings (SSSR count). The van der Waals surface area contributed by atoms with Crippen LogP contribution in [0.5, 0.6) is 0 Å². The summed E-state index contributed by atoms with van der Waals surface area (Å²) in [6, 6.07) is 6.92. The maximum Gasteiger partial charge on any atom is 0.288 e. The Hall–Kier alpha value is -1.10. The summed E-state index contributed by atoms with van der Waals surface area (Å²) >= 11 is 0.518. The third-order valence-electron chi connectivity index (χ3n) is 3.35. The molecule has 2 N–H and O–H groups in total. The van der Waals surface area contributed by atoms with Crippen LogP contribution < -0.4 is 5.73 Å². The van der Waals surface area contributed by atoms with Crippen molar-refractivity contribution in [2.45, 2.75) is 42.8 Å². The molecule has 0 unspecified atom stereocenters. The Balaban J connectivity index is 2.16. The van der Waals surface area contributed by atoms with Crippen molar-refractivity contribution in [3.8, 4) is 0 Å². The summed E-state index contributed by atoms with van der Waals surface area (Å²) in [6.07, 6.45) is 5.71. The van der Waals surface area contributed by atoms with E-state index >= 15 is 0 Å². The maximum absolute atomic E-state index is 12.5. The predicted octanol–water partition coefficient (Wildman–Crippen LogP) is 4.57. The van der Waals surface area contributed by atoms with Crippen LogP contribution in [0.25, 0.3) is 0 Å². The number of amidine groups is 1. The molecule has 0 atom stereocenters. The number of nitrogens with two attached hydrogens (primary N) is 1. The topological polar surface area (TPSA) is 38.4 Å². The average Bonchev–Trinajstić information content (AvgIpc) is 2.41. The van der Waals surface area contributed by atoms with E-state index in [4.69, 9.17) is 5.73 Å². The quantitative estimate of drug-likeness (QED) is 0.499. The third kappa shape index (κ3) is 4.20. The number of hydrogen-bond donors (Lipinski definition) is 1. The lowest BCUT2D eigenvalue weighted by molar-refractivity contribution is 0.252. The molecule has 0 radical (unpaired) electrons. The molecule has 1 aromatic rings. The van der Waals surface area contributed by atoms with Gasteiger partial charge in [0.25, 0.3) is 5.76 Å². The summed E-state index contributed by atoms with van der Waals surface area (Å²) in [4.78, 5) is 4.86. The molecule has 0 bridgehead atoms. The first-order chi connectivity index (χ1) is 9.16. The van der Waals surface area contributed by atoms with E-state index in [2.05, 4.69) is 4.99 Å². The van der Waals surface area contributed by atoms with Gasteiger partial charge in [-0.15, -0.1) is 0 Å². The largest absolute Gasteiger partial charge is 0.387 e. The highest BCUT2D eigenvalue weighted by Crippen LogP contribution is 2.34. The van der Waals surface area contributed by atoms with Crippen LogP contribution in [0.1, 0.15) is 32.1 Å². The highest BCUT2D eigenvalue weighted by atomic mass is 32.2. The van der Waals surface area contributed by atoms with Crippen LogP contribution >= 0.6 is 11.8 Å². The van der Waals surface area contributed by atoms with Crippen molar-refractivity contribution in [1.82, 2.24) is 0 Å². The number of alkyl halides is 2. The molecule has 1 aliphatic carbocycles. The molecule has 104 valence electrons. The minimum absolute atomic E-state index is 0.304. The number of thioether (sulfide) groups is 1. The maximum atomic E-state index is 12.5. The summed E-state index contributed by atoms with van der Waals surface area (Å²) < 4.78 is 25.0. The van der Waals surface area contributed by atoms with Crippen molar-refractivity contribution in [3.63, 3.8) is 0 Å². The Morgan fingerprint density at radius 2 is 1.89 bits per heavy atom. The van der Waals surface area contributed by atoms with Gasteiger partial charge in [0, 0.05) is 10.8 Å². The van der Waals surface area contributed by atoms with Crippen molar-refractivity contribution < 1.29 is 8.78 Å². The molecular weight excluding hydrogens is 266 g/mol. The van der Waals surface area contributed by atoms with Gasteiger partial charge in [0.2, 0.25) is 0 Å². The summed E-state index contributed by atoms with van der Waals surface area (Å²) in [5.74, 6) is -1.55. The van der Waals surface area contributed by atoms with E-state index in [1.54, 1.807) is 24.3 Å². The smallest absolute Gasteiger partial charge is 0.288 e. The normalized spacial score (nSPS) is 17.9. The molecular formula is C14H18F2N2S. The van der Waals surface area contributed by atoms with Gasteiger partial charge in [-0.1, -0.05) is 43.2 Å². The second kappa shape index (κ2) is 6.89. The fraction of sp³-hybridized carbons (Fsp3) is 0.500. The number of rotatable bonds is 4. The fourth-order valence-corrected chi connectivity index (χ4v) is 2.96. The van der Waals surface area contributed by atoms with Gasteiger partial charge in [-0.05, 0) is 25.0 Å². The van der Waals surface area contributed by atoms with Crippen molar-refractivity contribution >= 4 is 23.3 Å². The Labute approximate surface area is 116 Å². The first kappa shape index (κ1) is 14.3. The average molecular weight is 284 g/mol. The molecule has 0 aliphatic heterocycles. The SMILES string of the molecule is NC(=Nc1ccccc1SC(F)F)C1CCCCC1. The number of benzene rings is 1. The van der Waals surface area contributed by atoms with Gasteiger partial charge in [0.05, 0.1) is 5.69 Å². The summed E-state index contributed by atoms with van der Waals surface area (Å²) in [5.41, 5.74) is 6.59. The molecule has 19 heavy (non-hydrogen) atoms. The molecule has 0 aromatic heterocycles. The third-order valence-corrected chi connectivity index (χ3v) is 4.13. The summed E-state index contributed by atoms with van der Waals surface area (Å²) in [7, 11) is 0. The van der Waals surface area contributed by atoms with Gasteiger partial charge in [0.1, 0.15) is 5.84 Å². The van der Waals surface area contributed by atoms with E-state index in [0.29, 0.717) is 34.1 Å². The Kier molecular flexibility index (Phi) is 5.19. The monoisotopic (exact) mass is 284 g/mol. The minimum atomic E-state index is -2.44. The van der Waals surface area contributed by atoms with E-state index in [9.17, 15) is 8.78 Å². The molecule has 2 nitrogen and oxygen atoms in total. The van der Waals surface area contributed by atoms with Gasteiger partial charge in [-0.25, -0.2) is 4.99 Å². The Morgan fingerprint density at radius 1 is 1.21 bits per heavy atom. The first-order valence-electron chi connectivity index (χ1n) is 6.54. The van der Waals surface area contributed by atoms with E-state index in [-0.39, 0.29) is 0 Å². The van der Waals surface area contributed by atoms with Crippen molar-refractivity contribution in [1.29, 1.82) is 0 Å². The molecule has 1 aliphatic rings. The number of para-hydroxylation sites is 1. The molecule has 1 saturated carbocycles. The second-order valence-corrected chi connectivity index (χ2v) is 5.75. The molecule has 0 spiro atoms. The number of nitrogens with zero attached hydrogens (tertiary/aromatic N) is 1. The molecule has 5 heteroatoms. The first-order valence-corrected chi connectivity index (χ1v) is 7.42.